The maximum Gasteiger partial charge on any atom is 0.0898 e. The SMILES string of the molecule is Cc1cnc(CN2CCOC(Cn3cccn3)C2)cn1. The molecule has 2 aromatic heterocycles. The van der Waals surface area contributed by atoms with E-state index < -0.39 is 0 Å². The first-order chi connectivity index (χ1) is 9.79. The van der Waals surface area contributed by atoms with E-state index in [1.807, 2.05) is 36.3 Å². The van der Waals surface area contributed by atoms with Gasteiger partial charge in [0.1, 0.15) is 0 Å². The van der Waals surface area contributed by atoms with Crippen molar-refractivity contribution in [1.82, 2.24) is 24.6 Å². The van der Waals surface area contributed by atoms with Gasteiger partial charge in [-0.15, -0.1) is 0 Å². The van der Waals surface area contributed by atoms with Crippen LogP contribution in [-0.2, 0) is 17.8 Å². The summed E-state index contributed by atoms with van der Waals surface area (Å²) in [4.78, 5) is 11.1. The highest BCUT2D eigenvalue weighted by molar-refractivity contribution is 5.00. The first kappa shape index (κ1) is 13.2. The van der Waals surface area contributed by atoms with Crippen molar-refractivity contribution in [1.29, 1.82) is 0 Å². The zero-order valence-corrected chi connectivity index (χ0v) is 11.6. The van der Waals surface area contributed by atoms with Gasteiger partial charge in [0.25, 0.3) is 0 Å². The van der Waals surface area contributed by atoms with E-state index in [4.69, 9.17) is 4.74 Å². The molecule has 20 heavy (non-hydrogen) atoms. The average Bonchev–Trinajstić information content (AvgIpc) is 2.95. The van der Waals surface area contributed by atoms with E-state index in [0.29, 0.717) is 0 Å². The third-order valence-electron chi connectivity index (χ3n) is 3.39. The van der Waals surface area contributed by atoms with Crippen LogP contribution in [0.4, 0.5) is 0 Å². The van der Waals surface area contributed by atoms with Crippen molar-refractivity contribution in [2.24, 2.45) is 0 Å². The summed E-state index contributed by atoms with van der Waals surface area (Å²) in [7, 11) is 0. The number of hydrogen-bond donors (Lipinski definition) is 0. The third-order valence-corrected chi connectivity index (χ3v) is 3.39. The summed E-state index contributed by atoms with van der Waals surface area (Å²) in [6.07, 6.45) is 7.61. The monoisotopic (exact) mass is 273 g/mol. The van der Waals surface area contributed by atoms with Crippen LogP contribution >= 0.6 is 0 Å². The number of rotatable bonds is 4. The molecule has 1 aliphatic heterocycles. The van der Waals surface area contributed by atoms with Crippen molar-refractivity contribution in [3.05, 3.63) is 42.2 Å². The summed E-state index contributed by atoms with van der Waals surface area (Å²) < 4.78 is 7.72. The Balaban J connectivity index is 1.56. The largest absolute Gasteiger partial charge is 0.374 e. The van der Waals surface area contributed by atoms with Crippen LogP contribution in [0.5, 0.6) is 0 Å². The normalized spacial score (nSPS) is 20.1. The van der Waals surface area contributed by atoms with E-state index >= 15 is 0 Å². The van der Waals surface area contributed by atoms with Crippen molar-refractivity contribution < 1.29 is 4.74 Å². The molecule has 106 valence electrons. The second kappa shape index (κ2) is 6.11. The molecule has 0 bridgehead atoms. The molecule has 0 aromatic carbocycles. The first-order valence-corrected chi connectivity index (χ1v) is 6.88. The van der Waals surface area contributed by atoms with Crippen molar-refractivity contribution in [3.8, 4) is 0 Å². The van der Waals surface area contributed by atoms with Crippen LogP contribution < -0.4 is 0 Å². The van der Waals surface area contributed by atoms with Gasteiger partial charge in [-0.3, -0.25) is 19.5 Å². The predicted octanol–water partition coefficient (Wildman–Crippen LogP) is 0.883. The van der Waals surface area contributed by atoms with Gasteiger partial charge in [0, 0.05) is 44.4 Å². The lowest BCUT2D eigenvalue weighted by Gasteiger charge is -2.32. The highest BCUT2D eigenvalue weighted by Crippen LogP contribution is 2.10. The Morgan fingerprint density at radius 3 is 3.05 bits per heavy atom. The Bertz CT molecular complexity index is 525. The number of aryl methyl sites for hydroxylation is 1. The highest BCUT2D eigenvalue weighted by Gasteiger charge is 2.21. The Morgan fingerprint density at radius 2 is 2.30 bits per heavy atom. The minimum Gasteiger partial charge on any atom is -0.374 e. The van der Waals surface area contributed by atoms with E-state index in [9.17, 15) is 0 Å². The fraction of sp³-hybridized carbons (Fsp3) is 0.500. The molecule has 0 spiro atoms. The molecule has 1 fully saturated rings. The minimum atomic E-state index is 0.182. The molecule has 1 unspecified atom stereocenters. The molecule has 1 atom stereocenters. The van der Waals surface area contributed by atoms with Crippen LogP contribution in [0, 0.1) is 6.92 Å². The van der Waals surface area contributed by atoms with Gasteiger partial charge in [-0.2, -0.15) is 5.10 Å². The summed E-state index contributed by atoms with van der Waals surface area (Å²) in [6.45, 7) is 6.16. The van der Waals surface area contributed by atoms with E-state index in [1.54, 1.807) is 6.20 Å². The van der Waals surface area contributed by atoms with Gasteiger partial charge in [0.15, 0.2) is 0 Å². The van der Waals surface area contributed by atoms with E-state index in [2.05, 4.69) is 20.0 Å². The molecule has 1 aliphatic rings. The van der Waals surface area contributed by atoms with Gasteiger partial charge in [0.05, 0.1) is 30.6 Å². The maximum atomic E-state index is 5.80. The number of nitrogens with zero attached hydrogens (tertiary/aromatic N) is 5. The molecular weight excluding hydrogens is 254 g/mol. The topological polar surface area (TPSA) is 56.1 Å². The molecule has 0 aliphatic carbocycles. The zero-order chi connectivity index (χ0) is 13.8. The predicted molar refractivity (Wildman–Crippen MR) is 74.0 cm³/mol. The fourth-order valence-electron chi connectivity index (χ4n) is 2.38. The molecule has 1 saturated heterocycles. The van der Waals surface area contributed by atoms with E-state index in [-0.39, 0.29) is 6.10 Å². The second-order valence-electron chi connectivity index (χ2n) is 5.11. The number of aromatic nitrogens is 4. The van der Waals surface area contributed by atoms with Crippen LogP contribution in [0.3, 0.4) is 0 Å². The van der Waals surface area contributed by atoms with Crippen molar-refractivity contribution >= 4 is 0 Å². The second-order valence-corrected chi connectivity index (χ2v) is 5.11. The van der Waals surface area contributed by atoms with E-state index in [1.165, 1.54) is 0 Å². The lowest BCUT2D eigenvalue weighted by Crippen LogP contribution is -2.43. The maximum absolute atomic E-state index is 5.80. The summed E-state index contributed by atoms with van der Waals surface area (Å²) in [6, 6.07) is 1.93. The molecule has 0 radical (unpaired) electrons. The van der Waals surface area contributed by atoms with Crippen LogP contribution in [0.1, 0.15) is 11.4 Å². The first-order valence-electron chi connectivity index (χ1n) is 6.88. The summed E-state index contributed by atoms with van der Waals surface area (Å²) in [5, 5.41) is 4.22. The van der Waals surface area contributed by atoms with Crippen LogP contribution in [0.2, 0.25) is 0 Å². The molecule has 6 nitrogen and oxygen atoms in total. The summed E-state index contributed by atoms with van der Waals surface area (Å²) >= 11 is 0. The van der Waals surface area contributed by atoms with Crippen molar-refractivity contribution in [2.75, 3.05) is 19.7 Å². The summed E-state index contributed by atoms with van der Waals surface area (Å²) in [5.74, 6) is 0. The smallest absolute Gasteiger partial charge is 0.0898 e. The minimum absolute atomic E-state index is 0.182. The highest BCUT2D eigenvalue weighted by atomic mass is 16.5. The van der Waals surface area contributed by atoms with E-state index in [0.717, 1.165) is 44.2 Å². The van der Waals surface area contributed by atoms with Gasteiger partial charge < -0.3 is 4.74 Å². The van der Waals surface area contributed by atoms with Crippen LogP contribution in [0.15, 0.2) is 30.9 Å². The Labute approximate surface area is 118 Å². The number of hydrogen-bond acceptors (Lipinski definition) is 5. The van der Waals surface area contributed by atoms with Gasteiger partial charge in [0.2, 0.25) is 0 Å². The van der Waals surface area contributed by atoms with Gasteiger partial charge in [-0.25, -0.2) is 0 Å². The molecule has 6 heteroatoms. The lowest BCUT2D eigenvalue weighted by molar-refractivity contribution is -0.0405. The number of ether oxygens (including phenoxy) is 1. The van der Waals surface area contributed by atoms with Gasteiger partial charge in [-0.05, 0) is 13.0 Å². The summed E-state index contributed by atoms with van der Waals surface area (Å²) in [5.41, 5.74) is 1.96. The molecular formula is C14H19N5O. The molecule has 0 saturated carbocycles. The quantitative estimate of drug-likeness (QED) is 0.828. The fourth-order valence-corrected chi connectivity index (χ4v) is 2.38. The third kappa shape index (κ3) is 3.40. The Morgan fingerprint density at radius 1 is 1.35 bits per heavy atom. The van der Waals surface area contributed by atoms with Crippen LogP contribution in [-0.4, -0.2) is 50.4 Å². The molecule has 3 rings (SSSR count). The van der Waals surface area contributed by atoms with Gasteiger partial charge in [-0.1, -0.05) is 0 Å². The standard InChI is InChI=1S/C14H19N5O/c1-12-7-16-13(8-15-12)9-18-5-6-20-14(10-18)11-19-4-2-3-17-19/h2-4,7-8,14H,5-6,9-11H2,1H3. The molecule has 2 aromatic rings. The Hall–Kier alpha value is -1.79. The van der Waals surface area contributed by atoms with Crippen molar-refractivity contribution in [3.63, 3.8) is 0 Å². The molecule has 3 heterocycles. The molecule has 0 N–H and O–H groups in total. The number of morpholine rings is 1. The van der Waals surface area contributed by atoms with Crippen LogP contribution in [0.25, 0.3) is 0 Å². The van der Waals surface area contributed by atoms with Gasteiger partial charge >= 0.3 is 0 Å². The zero-order valence-electron chi connectivity index (χ0n) is 11.6. The molecule has 0 amide bonds. The lowest BCUT2D eigenvalue weighted by atomic mass is 10.2. The van der Waals surface area contributed by atoms with Crippen molar-refractivity contribution in [2.45, 2.75) is 26.1 Å². The Kier molecular flexibility index (Phi) is 4.03. The average molecular weight is 273 g/mol.